The molecule has 0 aliphatic rings. The van der Waals surface area contributed by atoms with E-state index in [1.54, 1.807) is 0 Å². The summed E-state index contributed by atoms with van der Waals surface area (Å²) in [7, 11) is 0. The van der Waals surface area contributed by atoms with Crippen molar-refractivity contribution in [1.82, 2.24) is 4.98 Å². The van der Waals surface area contributed by atoms with Crippen molar-refractivity contribution in [2.24, 2.45) is 0 Å². The largest absolute Gasteiger partial charge is 0.384 e. The molecule has 0 fully saturated rings. The Balaban J connectivity index is 1.49. The molecule has 0 saturated carbocycles. The molecule has 0 bridgehead atoms. The number of fused-ring (bicyclic) bond motifs is 1. The Morgan fingerprint density at radius 3 is 2.35 bits per heavy atom. The first kappa shape index (κ1) is 16.5. The van der Waals surface area contributed by atoms with Crippen LogP contribution in [0.5, 0.6) is 0 Å². The number of nitrogens with zero attached hydrogens (tertiary/aromatic N) is 1. The Kier molecular flexibility index (Phi) is 4.76. The van der Waals surface area contributed by atoms with Gasteiger partial charge in [0.05, 0.1) is 5.52 Å². The summed E-state index contributed by atoms with van der Waals surface area (Å²) < 4.78 is 0. The van der Waals surface area contributed by atoms with Crippen molar-refractivity contribution in [3.05, 3.63) is 113 Å². The van der Waals surface area contributed by atoms with Crippen LogP contribution in [0.25, 0.3) is 10.9 Å². The molecule has 1 heterocycles. The van der Waals surface area contributed by atoms with Crippen LogP contribution in [0.3, 0.4) is 0 Å². The van der Waals surface area contributed by atoms with E-state index >= 15 is 0 Å². The zero-order valence-corrected chi connectivity index (χ0v) is 14.5. The minimum absolute atomic E-state index is 0.588. The minimum Gasteiger partial charge on any atom is -0.384 e. The lowest BCUT2D eigenvalue weighted by atomic mass is 9.98. The van der Waals surface area contributed by atoms with Gasteiger partial charge in [0.25, 0.3) is 0 Å². The zero-order chi connectivity index (χ0) is 17.8. The predicted molar refractivity (Wildman–Crippen MR) is 106 cm³/mol. The van der Waals surface area contributed by atoms with Crippen molar-refractivity contribution >= 4 is 10.9 Å². The lowest BCUT2D eigenvalue weighted by Gasteiger charge is -2.13. The summed E-state index contributed by atoms with van der Waals surface area (Å²) in [5, 5.41) is 11.8. The molecule has 1 atom stereocenters. The van der Waals surface area contributed by atoms with Crippen molar-refractivity contribution in [1.29, 1.82) is 0 Å². The van der Waals surface area contributed by atoms with Crippen molar-refractivity contribution in [2.45, 2.75) is 18.9 Å². The zero-order valence-electron chi connectivity index (χ0n) is 14.5. The first-order valence-electron chi connectivity index (χ1n) is 8.96. The van der Waals surface area contributed by atoms with E-state index in [0.29, 0.717) is 0 Å². The first-order chi connectivity index (χ1) is 12.8. The van der Waals surface area contributed by atoms with Crippen LogP contribution in [0.1, 0.15) is 28.5 Å². The highest BCUT2D eigenvalue weighted by Crippen LogP contribution is 2.23. The van der Waals surface area contributed by atoms with E-state index in [0.717, 1.165) is 35.2 Å². The van der Waals surface area contributed by atoms with Crippen LogP contribution >= 0.6 is 0 Å². The average Bonchev–Trinajstić information content (AvgIpc) is 2.72. The Hall–Kier alpha value is -2.97. The molecule has 1 unspecified atom stereocenters. The van der Waals surface area contributed by atoms with Gasteiger partial charge in [-0.2, -0.15) is 0 Å². The molecule has 0 saturated heterocycles. The Morgan fingerprint density at radius 2 is 1.46 bits per heavy atom. The van der Waals surface area contributed by atoms with E-state index in [2.05, 4.69) is 36.4 Å². The quantitative estimate of drug-likeness (QED) is 0.548. The van der Waals surface area contributed by atoms with Gasteiger partial charge in [-0.3, -0.25) is 4.98 Å². The number of aromatic nitrogens is 1. The van der Waals surface area contributed by atoms with E-state index in [1.165, 1.54) is 10.9 Å². The number of hydrogen-bond acceptors (Lipinski definition) is 2. The average molecular weight is 339 g/mol. The number of benzene rings is 3. The maximum absolute atomic E-state index is 10.6. The van der Waals surface area contributed by atoms with E-state index in [4.69, 9.17) is 4.98 Å². The Labute approximate surface area is 153 Å². The number of hydrogen-bond donors (Lipinski definition) is 1. The highest BCUT2D eigenvalue weighted by Gasteiger charge is 2.10. The molecule has 26 heavy (non-hydrogen) atoms. The summed E-state index contributed by atoms with van der Waals surface area (Å²) >= 11 is 0. The number of aliphatic hydroxyl groups excluding tert-OH is 1. The summed E-state index contributed by atoms with van der Waals surface area (Å²) in [5.74, 6) is 0. The second-order valence-corrected chi connectivity index (χ2v) is 6.55. The van der Waals surface area contributed by atoms with Gasteiger partial charge in [-0.1, -0.05) is 78.9 Å². The second-order valence-electron chi connectivity index (χ2n) is 6.55. The lowest BCUT2D eigenvalue weighted by molar-refractivity contribution is 0.220. The molecule has 0 aliphatic carbocycles. The molecule has 1 N–H and O–H groups in total. The molecular weight excluding hydrogens is 318 g/mol. The summed E-state index contributed by atoms with van der Waals surface area (Å²) in [6.07, 6.45) is 1.20. The number of para-hydroxylation sites is 1. The Morgan fingerprint density at radius 1 is 0.692 bits per heavy atom. The molecule has 0 aliphatic heterocycles. The van der Waals surface area contributed by atoms with Crippen molar-refractivity contribution < 1.29 is 5.11 Å². The van der Waals surface area contributed by atoms with Crippen LogP contribution in [0.4, 0.5) is 0 Å². The van der Waals surface area contributed by atoms with Crippen molar-refractivity contribution in [3.63, 3.8) is 0 Å². The van der Waals surface area contributed by atoms with Gasteiger partial charge in [0.1, 0.15) is 6.10 Å². The van der Waals surface area contributed by atoms with Gasteiger partial charge >= 0.3 is 0 Å². The van der Waals surface area contributed by atoms with Gasteiger partial charge in [-0.25, -0.2) is 0 Å². The molecule has 1 aromatic heterocycles. The fraction of sp³-hybridized carbons (Fsp3) is 0.125. The molecule has 0 spiro atoms. The Bertz CT molecular complexity index is 1010. The van der Waals surface area contributed by atoms with Crippen molar-refractivity contribution in [3.8, 4) is 0 Å². The van der Waals surface area contributed by atoms with Crippen LogP contribution < -0.4 is 0 Å². The first-order valence-corrected chi connectivity index (χ1v) is 8.96. The fourth-order valence-corrected chi connectivity index (χ4v) is 3.27. The second kappa shape index (κ2) is 7.51. The maximum Gasteiger partial charge on any atom is 0.104 e. The highest BCUT2D eigenvalue weighted by molar-refractivity contribution is 5.78. The van der Waals surface area contributed by atoms with Gasteiger partial charge in [-0.15, -0.1) is 0 Å². The molecule has 4 aromatic rings. The van der Waals surface area contributed by atoms with Gasteiger partial charge < -0.3 is 5.11 Å². The molecule has 4 rings (SSSR count). The normalized spacial score (nSPS) is 12.2. The van der Waals surface area contributed by atoms with Crippen molar-refractivity contribution in [2.75, 3.05) is 0 Å². The van der Waals surface area contributed by atoms with E-state index in [-0.39, 0.29) is 0 Å². The molecule has 3 aromatic carbocycles. The summed E-state index contributed by atoms with van der Waals surface area (Å²) in [6, 6.07) is 30.4. The monoisotopic (exact) mass is 339 g/mol. The summed E-state index contributed by atoms with van der Waals surface area (Å²) in [5.41, 5.74) is 5.20. The van der Waals surface area contributed by atoms with Gasteiger partial charge in [0.2, 0.25) is 0 Å². The number of aliphatic hydroxyl groups is 1. The van der Waals surface area contributed by atoms with Crippen LogP contribution in [0.15, 0.2) is 91.0 Å². The molecule has 2 nitrogen and oxygen atoms in total. The topological polar surface area (TPSA) is 33.1 Å². The molecule has 0 amide bonds. The smallest absolute Gasteiger partial charge is 0.104 e. The molecule has 2 heteroatoms. The fourth-order valence-electron chi connectivity index (χ4n) is 3.27. The summed E-state index contributed by atoms with van der Waals surface area (Å²) in [4.78, 5) is 4.75. The standard InChI is InChI=1S/C24H21NO/c26-24(20-9-2-1-3-10-20)21-11-6-7-18(17-21)13-15-22-16-14-19-8-4-5-12-23(19)25-22/h1-12,14,16-17,24,26H,13,15H2. The molecule has 128 valence electrons. The minimum atomic E-state index is -0.588. The van der Waals surface area contributed by atoms with E-state index < -0.39 is 6.10 Å². The third-order valence-corrected chi connectivity index (χ3v) is 4.71. The number of rotatable bonds is 5. The maximum atomic E-state index is 10.6. The van der Waals surface area contributed by atoms with Gasteiger partial charge in [0, 0.05) is 11.1 Å². The van der Waals surface area contributed by atoms with Gasteiger partial charge in [0.15, 0.2) is 0 Å². The SMILES string of the molecule is OC(c1ccccc1)c1cccc(CCc2ccc3ccccc3n2)c1. The van der Waals surface area contributed by atoms with Crippen LogP contribution in [-0.4, -0.2) is 10.1 Å². The molecule has 0 radical (unpaired) electrons. The van der Waals surface area contributed by atoms with Gasteiger partial charge in [-0.05, 0) is 41.7 Å². The van der Waals surface area contributed by atoms with Crippen LogP contribution in [-0.2, 0) is 12.8 Å². The summed E-state index contributed by atoms with van der Waals surface area (Å²) in [6.45, 7) is 0. The van der Waals surface area contributed by atoms with E-state index in [9.17, 15) is 5.11 Å². The number of pyridine rings is 1. The third-order valence-electron chi connectivity index (χ3n) is 4.71. The highest BCUT2D eigenvalue weighted by atomic mass is 16.3. The lowest BCUT2D eigenvalue weighted by Crippen LogP contribution is -2.01. The van der Waals surface area contributed by atoms with Crippen LogP contribution in [0, 0.1) is 0 Å². The predicted octanol–water partition coefficient (Wildman–Crippen LogP) is 5.10. The number of aryl methyl sites for hydroxylation is 2. The molecular formula is C24H21NO. The third kappa shape index (κ3) is 3.66. The van der Waals surface area contributed by atoms with Crippen LogP contribution in [0.2, 0.25) is 0 Å². The van der Waals surface area contributed by atoms with E-state index in [1.807, 2.05) is 54.6 Å².